The summed E-state index contributed by atoms with van der Waals surface area (Å²) in [4.78, 5) is 0. The molecule has 0 aliphatic carbocycles. The molecule has 43 heavy (non-hydrogen) atoms. The van der Waals surface area contributed by atoms with Crippen LogP contribution < -0.4 is 0 Å². The van der Waals surface area contributed by atoms with E-state index in [0.717, 1.165) is 37.1 Å². The number of rotatable bonds is 20. The number of hydrogen-bond acceptors (Lipinski definition) is 0. The van der Waals surface area contributed by atoms with Crippen LogP contribution in [0.2, 0.25) is 0 Å². The van der Waals surface area contributed by atoms with Crippen LogP contribution in [0.1, 0.15) is 153 Å². The molecule has 0 unspecified atom stereocenters. The SMILES string of the molecule is CCCCCCCCC1=C(c2cccc(CCCC)c2)[N+](=[N-])C(c2cccc(CCCC)c2)=C1CCCCCC.[CH3-].[CH3-].[Pd+2]. The molecule has 0 fully saturated rings. The van der Waals surface area contributed by atoms with Crippen molar-refractivity contribution in [2.75, 3.05) is 0 Å². The van der Waals surface area contributed by atoms with Gasteiger partial charge in [0, 0.05) is 22.3 Å². The van der Waals surface area contributed by atoms with Crippen LogP contribution in [0, 0.1) is 14.9 Å². The predicted molar refractivity (Wildman–Crippen MR) is 187 cm³/mol. The summed E-state index contributed by atoms with van der Waals surface area (Å²) < 4.78 is 1.58. The molecule has 0 radical (unpaired) electrons. The summed E-state index contributed by atoms with van der Waals surface area (Å²) in [7, 11) is 0. The summed E-state index contributed by atoms with van der Waals surface area (Å²) in [5.74, 6) is 0. The van der Waals surface area contributed by atoms with Crippen LogP contribution >= 0.6 is 0 Å². The van der Waals surface area contributed by atoms with E-state index in [1.165, 1.54) is 123 Å². The Morgan fingerprint density at radius 3 is 1.28 bits per heavy atom. The van der Waals surface area contributed by atoms with Gasteiger partial charge in [0.15, 0.2) is 0 Å². The smallest absolute Gasteiger partial charge is 0.493 e. The zero-order valence-corrected chi connectivity index (χ0v) is 30.1. The molecule has 3 rings (SSSR count). The second kappa shape index (κ2) is 23.5. The topological polar surface area (TPSA) is 25.3 Å². The van der Waals surface area contributed by atoms with Crippen molar-refractivity contribution >= 4 is 11.4 Å². The van der Waals surface area contributed by atoms with E-state index in [2.05, 4.69) is 76.2 Å². The van der Waals surface area contributed by atoms with Crippen molar-refractivity contribution in [3.63, 3.8) is 0 Å². The maximum atomic E-state index is 12.0. The summed E-state index contributed by atoms with van der Waals surface area (Å²) in [5, 5.41) is 0. The van der Waals surface area contributed by atoms with Crippen LogP contribution in [0.4, 0.5) is 0 Å². The minimum atomic E-state index is 0. The molecule has 0 saturated carbocycles. The van der Waals surface area contributed by atoms with Gasteiger partial charge >= 0.3 is 20.4 Å². The van der Waals surface area contributed by atoms with Gasteiger partial charge in [0.05, 0.1) is 0 Å². The van der Waals surface area contributed by atoms with Crippen LogP contribution in [-0.2, 0) is 33.3 Å². The zero-order chi connectivity index (χ0) is 28.6. The monoisotopic (exact) mass is 676 g/mol. The van der Waals surface area contributed by atoms with Crippen LogP contribution in [-0.4, -0.2) is 4.70 Å². The van der Waals surface area contributed by atoms with E-state index in [9.17, 15) is 5.53 Å². The van der Waals surface area contributed by atoms with Gasteiger partial charge in [-0.3, -0.25) is 0 Å². The Kier molecular flexibility index (Phi) is 22.6. The van der Waals surface area contributed by atoms with Crippen molar-refractivity contribution in [3.8, 4) is 0 Å². The molecular formula is C40H62N2Pd. The van der Waals surface area contributed by atoms with Gasteiger partial charge in [-0.25, -0.2) is 4.70 Å². The molecule has 0 spiro atoms. The van der Waals surface area contributed by atoms with E-state index in [0.29, 0.717) is 0 Å². The molecule has 2 aromatic rings. The quantitative estimate of drug-likeness (QED) is 0.0577. The Balaban J connectivity index is 0.00000588. The normalized spacial score (nSPS) is 12.7. The first kappa shape index (κ1) is 41.2. The Morgan fingerprint density at radius 2 is 0.860 bits per heavy atom. The van der Waals surface area contributed by atoms with Gasteiger partial charge in [-0.1, -0.05) is 116 Å². The van der Waals surface area contributed by atoms with Crippen molar-refractivity contribution in [2.45, 2.75) is 143 Å². The van der Waals surface area contributed by atoms with E-state index in [4.69, 9.17) is 0 Å². The molecule has 1 heterocycles. The van der Waals surface area contributed by atoms with Crippen LogP contribution in [0.15, 0.2) is 59.7 Å². The Labute approximate surface area is 281 Å². The van der Waals surface area contributed by atoms with Crippen LogP contribution in [0.3, 0.4) is 0 Å². The van der Waals surface area contributed by atoms with Crippen LogP contribution in [0.5, 0.6) is 0 Å². The first-order valence-corrected chi connectivity index (χ1v) is 16.8. The number of nitrogens with zero attached hydrogens (tertiary/aromatic N) is 2. The number of aryl methyl sites for hydroxylation is 2. The molecule has 0 N–H and O–H groups in total. The average molecular weight is 677 g/mol. The van der Waals surface area contributed by atoms with Gasteiger partial charge in [-0.05, 0) is 86.8 Å². The summed E-state index contributed by atoms with van der Waals surface area (Å²) in [6.07, 6.45) is 21.8. The van der Waals surface area contributed by atoms with E-state index >= 15 is 0 Å². The molecular weight excluding hydrogens is 615 g/mol. The molecule has 0 saturated heterocycles. The van der Waals surface area contributed by atoms with E-state index in [1.54, 1.807) is 4.70 Å². The summed E-state index contributed by atoms with van der Waals surface area (Å²) in [6, 6.07) is 18.0. The van der Waals surface area contributed by atoms with E-state index in [1.807, 2.05) is 0 Å². The minimum absolute atomic E-state index is 0. The summed E-state index contributed by atoms with van der Waals surface area (Å²) >= 11 is 0. The zero-order valence-electron chi connectivity index (χ0n) is 28.6. The van der Waals surface area contributed by atoms with Gasteiger partial charge in [-0.15, -0.1) is 0 Å². The Bertz CT molecular complexity index is 1130. The molecule has 1 aliphatic heterocycles. The predicted octanol–water partition coefficient (Wildman–Crippen LogP) is 13.2. The largest absolute Gasteiger partial charge is 2.00 e. The average Bonchev–Trinajstić information content (AvgIpc) is 3.25. The standard InChI is InChI=1S/C38H56N2.2CH3.Pd/c1-5-9-13-15-16-18-28-36-35(27-17-14-10-6-2)37(33-25-19-23-31(29-33)21-11-7-3)40(39)38(36)34-26-20-24-32(30-34)22-12-8-4;;;/h19-20,23-26,29-30H,5-18,21-22,27-28H2,1-4H3;2*1H3;/q;2*-1;+2. The molecule has 0 amide bonds. The first-order valence-electron chi connectivity index (χ1n) is 16.8. The third-order valence-corrected chi connectivity index (χ3v) is 8.46. The van der Waals surface area contributed by atoms with Gasteiger partial charge in [-0.2, -0.15) is 0 Å². The van der Waals surface area contributed by atoms with Crippen molar-refractivity contribution in [3.05, 3.63) is 102 Å². The van der Waals surface area contributed by atoms with E-state index < -0.39 is 0 Å². The third-order valence-electron chi connectivity index (χ3n) is 8.46. The Hall–Kier alpha value is -1.82. The van der Waals surface area contributed by atoms with Crippen LogP contribution in [0.25, 0.3) is 16.9 Å². The molecule has 242 valence electrons. The maximum Gasteiger partial charge on any atom is 2.00 e. The van der Waals surface area contributed by atoms with Gasteiger partial charge in [0.1, 0.15) is 0 Å². The van der Waals surface area contributed by atoms with Crippen molar-refractivity contribution in [2.24, 2.45) is 0 Å². The number of allylic oxidation sites excluding steroid dienone is 2. The molecule has 0 atom stereocenters. The molecule has 2 aromatic carbocycles. The molecule has 3 heteroatoms. The minimum Gasteiger partial charge on any atom is -0.493 e. The summed E-state index contributed by atoms with van der Waals surface area (Å²) in [5.41, 5.74) is 21.9. The van der Waals surface area contributed by atoms with Crippen molar-refractivity contribution < 1.29 is 25.1 Å². The van der Waals surface area contributed by atoms with Gasteiger partial charge < -0.3 is 20.4 Å². The molecule has 2 nitrogen and oxygen atoms in total. The molecule has 0 bridgehead atoms. The second-order valence-corrected chi connectivity index (χ2v) is 11.9. The Morgan fingerprint density at radius 1 is 0.488 bits per heavy atom. The number of hydrogen-bond donors (Lipinski definition) is 0. The fourth-order valence-electron chi connectivity index (χ4n) is 6.11. The maximum absolute atomic E-state index is 12.0. The number of benzene rings is 2. The first-order chi connectivity index (χ1) is 19.6. The second-order valence-electron chi connectivity index (χ2n) is 11.9. The van der Waals surface area contributed by atoms with Crippen molar-refractivity contribution in [1.82, 2.24) is 0 Å². The van der Waals surface area contributed by atoms with E-state index in [-0.39, 0.29) is 35.3 Å². The fourth-order valence-corrected chi connectivity index (χ4v) is 6.11. The number of unbranched alkanes of at least 4 members (excludes halogenated alkanes) is 10. The van der Waals surface area contributed by atoms with Gasteiger partial charge in [0.2, 0.25) is 11.4 Å². The van der Waals surface area contributed by atoms with Crippen molar-refractivity contribution in [1.29, 1.82) is 0 Å². The molecule has 1 aliphatic rings. The fraction of sp³-hybridized carbons (Fsp3) is 0.550. The van der Waals surface area contributed by atoms with Gasteiger partial charge in [0.25, 0.3) is 0 Å². The third kappa shape index (κ3) is 12.6. The summed E-state index contributed by atoms with van der Waals surface area (Å²) in [6.45, 7) is 9.08. The molecule has 0 aromatic heterocycles.